The van der Waals surface area contributed by atoms with Gasteiger partial charge in [0.05, 0.1) is 5.69 Å². The van der Waals surface area contributed by atoms with Crippen molar-refractivity contribution in [2.24, 2.45) is 0 Å². The molecule has 0 saturated carbocycles. The number of aromatic amines is 1. The van der Waals surface area contributed by atoms with Gasteiger partial charge in [0.25, 0.3) is 5.91 Å². The van der Waals surface area contributed by atoms with Crippen LogP contribution in [-0.2, 0) is 6.54 Å². The molecule has 7 heteroatoms. The number of nitrogens with one attached hydrogen (secondary N) is 1. The third-order valence-electron chi connectivity index (χ3n) is 5.38. The van der Waals surface area contributed by atoms with Crippen LogP contribution in [0.2, 0.25) is 0 Å². The van der Waals surface area contributed by atoms with Gasteiger partial charge in [-0.25, -0.2) is 4.98 Å². The SMILES string of the molecule is Cl.O=C(c1cc2ccccc2[nH]1)N1CCN(Cc2csc(-c3ccccc3)n2)CC1. The Morgan fingerprint density at radius 1 is 1.00 bits per heavy atom. The van der Waals surface area contributed by atoms with Crippen LogP contribution in [0.1, 0.15) is 16.2 Å². The molecule has 3 heterocycles. The first-order valence-electron chi connectivity index (χ1n) is 9.85. The van der Waals surface area contributed by atoms with Crippen LogP contribution in [0.5, 0.6) is 0 Å². The van der Waals surface area contributed by atoms with E-state index in [2.05, 4.69) is 27.4 Å². The third-order valence-corrected chi connectivity index (χ3v) is 6.32. The number of hydrogen-bond acceptors (Lipinski definition) is 4. The lowest BCUT2D eigenvalue weighted by molar-refractivity contribution is 0.0622. The molecule has 5 rings (SSSR count). The molecule has 1 aliphatic rings. The highest BCUT2D eigenvalue weighted by atomic mass is 35.5. The zero-order valence-corrected chi connectivity index (χ0v) is 18.1. The molecule has 1 N–H and O–H groups in total. The summed E-state index contributed by atoms with van der Waals surface area (Å²) < 4.78 is 0. The quantitative estimate of drug-likeness (QED) is 0.503. The molecule has 2 aromatic heterocycles. The second kappa shape index (κ2) is 9.00. The Morgan fingerprint density at radius 3 is 2.50 bits per heavy atom. The second-order valence-electron chi connectivity index (χ2n) is 7.35. The number of hydrogen-bond donors (Lipinski definition) is 1. The van der Waals surface area contributed by atoms with Crippen LogP contribution in [0.25, 0.3) is 21.5 Å². The normalized spacial score (nSPS) is 14.6. The highest BCUT2D eigenvalue weighted by Crippen LogP contribution is 2.24. The average Bonchev–Trinajstić information content (AvgIpc) is 3.41. The number of piperazine rings is 1. The number of halogens is 1. The van der Waals surface area contributed by atoms with Crippen molar-refractivity contribution in [1.82, 2.24) is 19.8 Å². The highest BCUT2D eigenvalue weighted by Gasteiger charge is 2.23. The molecule has 1 fully saturated rings. The van der Waals surface area contributed by atoms with Gasteiger partial charge < -0.3 is 9.88 Å². The molecule has 0 unspecified atom stereocenters. The van der Waals surface area contributed by atoms with Gasteiger partial charge in [-0.15, -0.1) is 23.7 Å². The maximum Gasteiger partial charge on any atom is 0.270 e. The van der Waals surface area contributed by atoms with Gasteiger partial charge in [-0.05, 0) is 12.1 Å². The zero-order valence-electron chi connectivity index (χ0n) is 16.5. The molecule has 2 aromatic carbocycles. The van der Waals surface area contributed by atoms with Crippen molar-refractivity contribution in [3.63, 3.8) is 0 Å². The smallest absolute Gasteiger partial charge is 0.270 e. The van der Waals surface area contributed by atoms with Crippen LogP contribution in [0.4, 0.5) is 0 Å². The Balaban J connectivity index is 0.00000218. The molecular formula is C23H23ClN4OS. The van der Waals surface area contributed by atoms with Crippen LogP contribution in [0.15, 0.2) is 66.0 Å². The summed E-state index contributed by atoms with van der Waals surface area (Å²) in [6.07, 6.45) is 0. The first-order valence-corrected chi connectivity index (χ1v) is 10.7. The van der Waals surface area contributed by atoms with Crippen LogP contribution < -0.4 is 0 Å². The van der Waals surface area contributed by atoms with E-state index in [1.807, 2.05) is 53.4 Å². The van der Waals surface area contributed by atoms with Gasteiger partial charge in [0.15, 0.2) is 0 Å². The Kier molecular flexibility index (Phi) is 6.18. The summed E-state index contributed by atoms with van der Waals surface area (Å²) >= 11 is 1.69. The molecule has 1 saturated heterocycles. The molecule has 154 valence electrons. The lowest BCUT2D eigenvalue weighted by Crippen LogP contribution is -2.48. The van der Waals surface area contributed by atoms with E-state index in [1.165, 1.54) is 0 Å². The molecule has 5 nitrogen and oxygen atoms in total. The molecule has 4 aromatic rings. The van der Waals surface area contributed by atoms with E-state index < -0.39 is 0 Å². The molecule has 1 amide bonds. The minimum absolute atomic E-state index is 0. The highest BCUT2D eigenvalue weighted by molar-refractivity contribution is 7.13. The Morgan fingerprint density at radius 2 is 1.73 bits per heavy atom. The molecule has 30 heavy (non-hydrogen) atoms. The van der Waals surface area contributed by atoms with E-state index in [0.717, 1.165) is 59.9 Å². The topological polar surface area (TPSA) is 52.2 Å². The van der Waals surface area contributed by atoms with Crippen molar-refractivity contribution in [3.05, 3.63) is 77.4 Å². The number of carbonyl (C=O) groups excluding carboxylic acids is 1. The monoisotopic (exact) mass is 438 g/mol. The van der Waals surface area contributed by atoms with E-state index in [1.54, 1.807) is 11.3 Å². The summed E-state index contributed by atoms with van der Waals surface area (Å²) in [6.45, 7) is 4.04. The lowest BCUT2D eigenvalue weighted by atomic mass is 10.2. The average molecular weight is 439 g/mol. The molecule has 0 atom stereocenters. The Bertz CT molecular complexity index is 1100. The number of fused-ring (bicyclic) bond motifs is 1. The largest absolute Gasteiger partial charge is 0.351 e. The van der Waals surface area contributed by atoms with Gasteiger partial charge in [-0.2, -0.15) is 0 Å². The first kappa shape index (κ1) is 20.6. The number of nitrogens with zero attached hydrogens (tertiary/aromatic N) is 3. The lowest BCUT2D eigenvalue weighted by Gasteiger charge is -2.34. The number of carbonyl (C=O) groups is 1. The summed E-state index contributed by atoms with van der Waals surface area (Å²) in [4.78, 5) is 25.2. The number of benzene rings is 2. The van der Waals surface area contributed by atoms with Crippen molar-refractivity contribution in [2.45, 2.75) is 6.54 Å². The van der Waals surface area contributed by atoms with Gasteiger partial charge in [0, 0.05) is 54.6 Å². The van der Waals surface area contributed by atoms with Gasteiger partial charge in [0.1, 0.15) is 10.7 Å². The number of H-pyrrole nitrogens is 1. The first-order chi connectivity index (χ1) is 14.3. The van der Waals surface area contributed by atoms with Gasteiger partial charge in [-0.1, -0.05) is 48.5 Å². The summed E-state index contributed by atoms with van der Waals surface area (Å²) in [7, 11) is 0. The van der Waals surface area contributed by atoms with Crippen LogP contribution in [0, 0.1) is 0 Å². The van der Waals surface area contributed by atoms with Crippen molar-refractivity contribution in [3.8, 4) is 10.6 Å². The minimum atomic E-state index is 0. The molecule has 1 aliphatic heterocycles. The van der Waals surface area contributed by atoms with Gasteiger partial charge >= 0.3 is 0 Å². The molecule has 0 spiro atoms. The van der Waals surface area contributed by atoms with Gasteiger partial charge in [0.2, 0.25) is 0 Å². The molecular weight excluding hydrogens is 416 g/mol. The summed E-state index contributed by atoms with van der Waals surface area (Å²) in [5.74, 6) is 0.0841. The number of amides is 1. The zero-order chi connectivity index (χ0) is 19.6. The molecule has 0 aliphatic carbocycles. The number of thiazole rings is 1. The second-order valence-corrected chi connectivity index (χ2v) is 8.21. The number of aromatic nitrogens is 2. The third kappa shape index (κ3) is 4.26. The van der Waals surface area contributed by atoms with Crippen molar-refractivity contribution in [2.75, 3.05) is 26.2 Å². The minimum Gasteiger partial charge on any atom is -0.351 e. The Hall–Kier alpha value is -2.67. The predicted molar refractivity (Wildman–Crippen MR) is 124 cm³/mol. The van der Waals surface area contributed by atoms with Crippen LogP contribution >= 0.6 is 23.7 Å². The number of para-hydroxylation sites is 1. The maximum absolute atomic E-state index is 12.9. The molecule has 0 radical (unpaired) electrons. The summed E-state index contributed by atoms with van der Waals surface area (Å²) in [5.41, 5.74) is 3.95. The standard InChI is InChI=1S/C23H22N4OS.ClH/c28-23(21-14-18-8-4-5-9-20(18)25-21)27-12-10-26(11-13-27)15-19-16-29-22(24-19)17-6-2-1-3-7-17;/h1-9,14,16,25H,10-13,15H2;1H. The summed E-state index contributed by atoms with van der Waals surface area (Å²) in [6, 6.07) is 20.2. The van der Waals surface area contributed by atoms with E-state index in [0.29, 0.717) is 5.69 Å². The van der Waals surface area contributed by atoms with E-state index in [9.17, 15) is 4.79 Å². The van der Waals surface area contributed by atoms with E-state index >= 15 is 0 Å². The Labute approximate surface area is 185 Å². The predicted octanol–water partition coefficient (Wildman–Crippen LogP) is 4.67. The van der Waals surface area contributed by atoms with Crippen molar-refractivity contribution in [1.29, 1.82) is 0 Å². The van der Waals surface area contributed by atoms with Crippen LogP contribution in [-0.4, -0.2) is 51.9 Å². The maximum atomic E-state index is 12.9. The van der Waals surface area contributed by atoms with E-state index in [-0.39, 0.29) is 18.3 Å². The van der Waals surface area contributed by atoms with Crippen molar-refractivity contribution >= 4 is 40.6 Å². The van der Waals surface area contributed by atoms with Crippen molar-refractivity contribution < 1.29 is 4.79 Å². The fraction of sp³-hybridized carbons (Fsp3) is 0.217. The fourth-order valence-electron chi connectivity index (χ4n) is 3.79. The van der Waals surface area contributed by atoms with E-state index in [4.69, 9.17) is 4.98 Å². The molecule has 0 bridgehead atoms. The summed E-state index contributed by atoms with van der Waals surface area (Å²) in [5, 5.41) is 4.28. The van der Waals surface area contributed by atoms with Crippen LogP contribution in [0.3, 0.4) is 0 Å². The number of rotatable bonds is 4. The fourth-order valence-corrected chi connectivity index (χ4v) is 4.61. The van der Waals surface area contributed by atoms with Gasteiger partial charge in [-0.3, -0.25) is 9.69 Å².